The van der Waals surface area contributed by atoms with Crippen LogP contribution in [0.5, 0.6) is 0 Å². The second-order valence-corrected chi connectivity index (χ2v) is 5.80. The summed E-state index contributed by atoms with van der Waals surface area (Å²) >= 11 is 6.06. The molecule has 0 unspecified atom stereocenters. The number of piperidine rings is 1. The molecule has 1 saturated heterocycles. The molecular weight excluding hydrogens is 232 g/mol. The summed E-state index contributed by atoms with van der Waals surface area (Å²) in [7, 11) is 0. The van der Waals surface area contributed by atoms with Crippen LogP contribution in [-0.4, -0.2) is 13.1 Å². The molecule has 1 aliphatic rings. The maximum absolute atomic E-state index is 9.17. The Morgan fingerprint density at radius 1 is 1.29 bits per heavy atom. The van der Waals surface area contributed by atoms with Crippen molar-refractivity contribution in [3.05, 3.63) is 28.8 Å². The van der Waals surface area contributed by atoms with Gasteiger partial charge in [-0.1, -0.05) is 31.5 Å². The summed E-state index contributed by atoms with van der Waals surface area (Å²) in [4.78, 5) is 2.27. The average molecular weight is 249 g/mol. The van der Waals surface area contributed by atoms with Crippen LogP contribution in [0, 0.1) is 16.7 Å². The SMILES string of the molecule is CC1(C)CCN(c2cccc(Cl)c2C#N)CC1. The van der Waals surface area contributed by atoms with Crippen LogP contribution in [0.3, 0.4) is 0 Å². The minimum atomic E-state index is 0.419. The van der Waals surface area contributed by atoms with Gasteiger partial charge in [0.15, 0.2) is 0 Å². The van der Waals surface area contributed by atoms with E-state index in [9.17, 15) is 5.26 Å². The molecule has 1 heterocycles. The number of hydrogen-bond acceptors (Lipinski definition) is 2. The number of rotatable bonds is 1. The molecule has 0 spiro atoms. The highest BCUT2D eigenvalue weighted by Gasteiger charge is 2.26. The van der Waals surface area contributed by atoms with Crippen molar-refractivity contribution in [3.63, 3.8) is 0 Å². The molecule has 1 aromatic rings. The molecule has 1 aliphatic heterocycles. The average Bonchev–Trinajstić information content (AvgIpc) is 2.29. The van der Waals surface area contributed by atoms with E-state index >= 15 is 0 Å². The van der Waals surface area contributed by atoms with Gasteiger partial charge in [-0.2, -0.15) is 5.26 Å². The monoisotopic (exact) mass is 248 g/mol. The highest BCUT2D eigenvalue weighted by molar-refractivity contribution is 6.32. The van der Waals surface area contributed by atoms with Gasteiger partial charge in [0.05, 0.1) is 16.3 Å². The van der Waals surface area contributed by atoms with E-state index < -0.39 is 0 Å². The quantitative estimate of drug-likeness (QED) is 0.755. The first-order valence-corrected chi connectivity index (χ1v) is 6.35. The van der Waals surface area contributed by atoms with E-state index in [0.717, 1.165) is 31.6 Å². The van der Waals surface area contributed by atoms with Gasteiger partial charge in [-0.05, 0) is 30.4 Å². The number of anilines is 1. The summed E-state index contributed by atoms with van der Waals surface area (Å²) < 4.78 is 0. The second kappa shape index (κ2) is 4.58. The highest BCUT2D eigenvalue weighted by atomic mass is 35.5. The summed E-state index contributed by atoms with van der Waals surface area (Å²) in [6, 6.07) is 7.89. The Labute approximate surface area is 108 Å². The summed E-state index contributed by atoms with van der Waals surface area (Å²) in [5.74, 6) is 0. The van der Waals surface area contributed by atoms with E-state index in [2.05, 4.69) is 24.8 Å². The van der Waals surface area contributed by atoms with Crippen molar-refractivity contribution in [2.45, 2.75) is 26.7 Å². The lowest BCUT2D eigenvalue weighted by atomic mass is 9.82. The van der Waals surface area contributed by atoms with E-state index in [1.54, 1.807) is 6.07 Å². The Balaban J connectivity index is 2.25. The van der Waals surface area contributed by atoms with Crippen molar-refractivity contribution in [3.8, 4) is 6.07 Å². The summed E-state index contributed by atoms with van der Waals surface area (Å²) in [6.07, 6.45) is 2.31. The zero-order valence-electron chi connectivity index (χ0n) is 10.3. The Morgan fingerprint density at radius 2 is 1.94 bits per heavy atom. The summed E-state index contributed by atoms with van der Waals surface area (Å²) in [5.41, 5.74) is 2.01. The lowest BCUT2D eigenvalue weighted by Crippen LogP contribution is -2.37. The Bertz CT molecular complexity index is 450. The molecule has 3 heteroatoms. The van der Waals surface area contributed by atoms with Gasteiger partial charge in [0.2, 0.25) is 0 Å². The third-order valence-electron chi connectivity index (χ3n) is 3.56. The Hall–Kier alpha value is -1.20. The fourth-order valence-corrected chi connectivity index (χ4v) is 2.45. The minimum Gasteiger partial charge on any atom is -0.370 e. The van der Waals surface area contributed by atoms with Crippen molar-refractivity contribution in [2.75, 3.05) is 18.0 Å². The van der Waals surface area contributed by atoms with Crippen LogP contribution in [0.4, 0.5) is 5.69 Å². The molecule has 0 saturated carbocycles. The highest BCUT2D eigenvalue weighted by Crippen LogP contribution is 2.34. The van der Waals surface area contributed by atoms with Gasteiger partial charge in [-0.3, -0.25) is 0 Å². The molecule has 0 N–H and O–H groups in total. The van der Waals surface area contributed by atoms with Crippen LogP contribution in [0.1, 0.15) is 32.3 Å². The normalized spacial score (nSPS) is 18.8. The molecule has 2 nitrogen and oxygen atoms in total. The topological polar surface area (TPSA) is 27.0 Å². The molecule has 0 aliphatic carbocycles. The molecule has 0 radical (unpaired) electrons. The number of hydrogen-bond donors (Lipinski definition) is 0. The predicted molar refractivity (Wildman–Crippen MR) is 71.4 cm³/mol. The molecule has 0 amide bonds. The zero-order chi connectivity index (χ0) is 12.5. The van der Waals surface area contributed by atoms with Crippen molar-refractivity contribution >= 4 is 17.3 Å². The molecule has 0 atom stereocenters. The van der Waals surface area contributed by atoms with Gasteiger partial charge in [-0.25, -0.2) is 0 Å². The second-order valence-electron chi connectivity index (χ2n) is 5.40. The van der Waals surface area contributed by atoms with Crippen LogP contribution in [0.15, 0.2) is 18.2 Å². The summed E-state index contributed by atoms with van der Waals surface area (Å²) in [6.45, 7) is 6.60. The van der Waals surface area contributed by atoms with E-state index in [4.69, 9.17) is 11.6 Å². The smallest absolute Gasteiger partial charge is 0.103 e. The van der Waals surface area contributed by atoms with Gasteiger partial charge in [0.1, 0.15) is 6.07 Å². The standard InChI is InChI=1S/C14H17ClN2/c1-14(2)6-8-17(9-7-14)13-5-3-4-12(15)11(13)10-16/h3-5H,6-9H2,1-2H3. The maximum Gasteiger partial charge on any atom is 0.103 e. The van der Waals surface area contributed by atoms with E-state index in [1.807, 2.05) is 12.1 Å². The fraction of sp³-hybridized carbons (Fsp3) is 0.500. The molecular formula is C14H17ClN2. The third-order valence-corrected chi connectivity index (χ3v) is 3.88. The minimum absolute atomic E-state index is 0.419. The van der Waals surface area contributed by atoms with Crippen LogP contribution in [0.25, 0.3) is 0 Å². The maximum atomic E-state index is 9.17. The number of nitrogens with zero attached hydrogens (tertiary/aromatic N) is 2. The Morgan fingerprint density at radius 3 is 2.53 bits per heavy atom. The van der Waals surface area contributed by atoms with Crippen molar-refractivity contribution in [2.24, 2.45) is 5.41 Å². The van der Waals surface area contributed by atoms with Crippen molar-refractivity contribution < 1.29 is 0 Å². The van der Waals surface area contributed by atoms with Crippen LogP contribution < -0.4 is 4.90 Å². The number of benzene rings is 1. The largest absolute Gasteiger partial charge is 0.370 e. The van der Waals surface area contributed by atoms with E-state index in [1.165, 1.54) is 0 Å². The molecule has 17 heavy (non-hydrogen) atoms. The van der Waals surface area contributed by atoms with Gasteiger partial charge in [0.25, 0.3) is 0 Å². The van der Waals surface area contributed by atoms with Gasteiger partial charge >= 0.3 is 0 Å². The Kier molecular flexibility index (Phi) is 3.31. The third kappa shape index (κ3) is 2.56. The van der Waals surface area contributed by atoms with Crippen LogP contribution >= 0.6 is 11.6 Å². The van der Waals surface area contributed by atoms with E-state index in [0.29, 0.717) is 16.0 Å². The molecule has 1 fully saturated rings. The fourth-order valence-electron chi connectivity index (χ4n) is 2.24. The van der Waals surface area contributed by atoms with Crippen LogP contribution in [0.2, 0.25) is 5.02 Å². The first kappa shape index (κ1) is 12.3. The van der Waals surface area contributed by atoms with Crippen molar-refractivity contribution in [1.29, 1.82) is 5.26 Å². The van der Waals surface area contributed by atoms with Gasteiger partial charge < -0.3 is 4.90 Å². The molecule has 0 aromatic heterocycles. The molecule has 1 aromatic carbocycles. The first-order chi connectivity index (χ1) is 8.03. The first-order valence-electron chi connectivity index (χ1n) is 5.97. The van der Waals surface area contributed by atoms with Crippen molar-refractivity contribution in [1.82, 2.24) is 0 Å². The molecule has 90 valence electrons. The predicted octanol–water partition coefficient (Wildman–Crippen LogP) is 3.84. The number of halogens is 1. The van der Waals surface area contributed by atoms with Gasteiger partial charge in [0, 0.05) is 13.1 Å². The van der Waals surface area contributed by atoms with E-state index in [-0.39, 0.29) is 0 Å². The lowest BCUT2D eigenvalue weighted by molar-refractivity contribution is 0.280. The summed E-state index contributed by atoms with van der Waals surface area (Å²) in [5, 5.41) is 9.72. The molecule has 0 bridgehead atoms. The molecule has 2 rings (SSSR count). The number of nitriles is 1. The van der Waals surface area contributed by atoms with Gasteiger partial charge in [-0.15, -0.1) is 0 Å². The zero-order valence-corrected chi connectivity index (χ0v) is 11.1. The van der Waals surface area contributed by atoms with Crippen LogP contribution in [-0.2, 0) is 0 Å². The lowest BCUT2D eigenvalue weighted by Gasteiger charge is -2.38.